The van der Waals surface area contributed by atoms with Crippen molar-refractivity contribution in [3.8, 4) is 0 Å². The lowest BCUT2D eigenvalue weighted by Crippen LogP contribution is -1.99. The maximum atomic E-state index is 10.4. The molecular formula is C20H32O2. The van der Waals surface area contributed by atoms with Crippen LogP contribution in [-0.2, 0) is 4.79 Å². The highest BCUT2D eigenvalue weighted by atomic mass is 16.4. The van der Waals surface area contributed by atoms with E-state index in [1.54, 1.807) is 11.6 Å². The van der Waals surface area contributed by atoms with Crippen LogP contribution < -0.4 is 0 Å². The molecule has 0 amide bonds. The standard InChI is InChI=1S/C20H32O2/c1-2-3-4-5-6-9-13-18-15-12-16-19(18)14-10-7-8-11-17-20(21)22/h7,11,15,19H,2-6,9-10,12-14,16-17H2,1H3,(H,21,22)/t8?,19-/m0/s1. The van der Waals surface area contributed by atoms with Crippen LogP contribution in [0.15, 0.2) is 29.5 Å². The SMILES string of the molecule is CCCCCCCCC1=CCC[C@@H]1CCC=C=CCC(=O)O. The second kappa shape index (κ2) is 12.3. The number of unbranched alkanes of at least 4 members (excludes halogenated alkanes) is 5. The van der Waals surface area contributed by atoms with Gasteiger partial charge in [-0.25, -0.2) is 0 Å². The van der Waals surface area contributed by atoms with E-state index in [-0.39, 0.29) is 6.42 Å². The van der Waals surface area contributed by atoms with E-state index in [0.717, 1.165) is 12.3 Å². The van der Waals surface area contributed by atoms with Crippen molar-refractivity contribution in [1.29, 1.82) is 0 Å². The van der Waals surface area contributed by atoms with E-state index in [1.807, 2.05) is 6.08 Å². The average molecular weight is 304 g/mol. The Kier molecular flexibility index (Phi) is 10.5. The second-order valence-corrected chi connectivity index (χ2v) is 6.32. The largest absolute Gasteiger partial charge is 0.481 e. The Morgan fingerprint density at radius 2 is 2.05 bits per heavy atom. The van der Waals surface area contributed by atoms with Gasteiger partial charge in [0.05, 0.1) is 6.42 Å². The summed E-state index contributed by atoms with van der Waals surface area (Å²) in [6.07, 6.45) is 20.4. The fourth-order valence-corrected chi connectivity index (χ4v) is 3.16. The smallest absolute Gasteiger partial charge is 0.307 e. The van der Waals surface area contributed by atoms with Crippen LogP contribution >= 0.6 is 0 Å². The van der Waals surface area contributed by atoms with Crippen molar-refractivity contribution < 1.29 is 9.90 Å². The van der Waals surface area contributed by atoms with Crippen LogP contribution in [0.2, 0.25) is 0 Å². The van der Waals surface area contributed by atoms with E-state index in [4.69, 9.17) is 5.11 Å². The summed E-state index contributed by atoms with van der Waals surface area (Å²) >= 11 is 0. The number of carbonyl (C=O) groups is 1. The number of rotatable bonds is 12. The van der Waals surface area contributed by atoms with Crippen LogP contribution in [0.25, 0.3) is 0 Å². The molecule has 2 nitrogen and oxygen atoms in total. The van der Waals surface area contributed by atoms with Gasteiger partial charge in [-0.15, -0.1) is 5.73 Å². The lowest BCUT2D eigenvalue weighted by molar-refractivity contribution is -0.135. The van der Waals surface area contributed by atoms with Crippen molar-refractivity contribution >= 4 is 5.97 Å². The van der Waals surface area contributed by atoms with Crippen LogP contribution in [0, 0.1) is 5.92 Å². The van der Waals surface area contributed by atoms with Crippen molar-refractivity contribution in [3.63, 3.8) is 0 Å². The van der Waals surface area contributed by atoms with Crippen molar-refractivity contribution in [2.24, 2.45) is 5.92 Å². The molecule has 0 radical (unpaired) electrons. The summed E-state index contributed by atoms with van der Waals surface area (Å²) in [4.78, 5) is 10.4. The lowest BCUT2D eigenvalue weighted by Gasteiger charge is -2.13. The van der Waals surface area contributed by atoms with Crippen molar-refractivity contribution in [2.75, 3.05) is 0 Å². The molecule has 0 fully saturated rings. The molecule has 124 valence electrons. The monoisotopic (exact) mass is 304 g/mol. The molecular weight excluding hydrogens is 272 g/mol. The number of aliphatic carboxylic acids is 1. The second-order valence-electron chi connectivity index (χ2n) is 6.32. The molecule has 0 aromatic heterocycles. The highest BCUT2D eigenvalue weighted by molar-refractivity contribution is 5.68. The van der Waals surface area contributed by atoms with Gasteiger partial charge in [-0.05, 0) is 56.6 Å². The predicted octanol–water partition coefficient (Wildman–Crippen LogP) is 6.04. The maximum absolute atomic E-state index is 10.4. The molecule has 0 aliphatic heterocycles. The van der Waals surface area contributed by atoms with Gasteiger partial charge in [0.2, 0.25) is 0 Å². The first-order chi connectivity index (χ1) is 10.7. The Labute approximate surface area is 136 Å². The third-order valence-electron chi connectivity index (χ3n) is 4.44. The van der Waals surface area contributed by atoms with E-state index in [2.05, 4.69) is 18.7 Å². The van der Waals surface area contributed by atoms with Crippen LogP contribution in [0.1, 0.15) is 84.0 Å². The third-order valence-corrected chi connectivity index (χ3v) is 4.44. The molecule has 0 bridgehead atoms. The normalized spacial score (nSPS) is 17.0. The van der Waals surface area contributed by atoms with Crippen LogP contribution in [0.4, 0.5) is 0 Å². The number of carboxylic acid groups (broad SMARTS) is 1. The van der Waals surface area contributed by atoms with Gasteiger partial charge in [0.25, 0.3) is 0 Å². The Morgan fingerprint density at radius 1 is 1.27 bits per heavy atom. The van der Waals surface area contributed by atoms with Crippen LogP contribution in [0.5, 0.6) is 0 Å². The Balaban J connectivity index is 2.14. The number of allylic oxidation sites excluding steroid dienone is 2. The summed E-state index contributed by atoms with van der Waals surface area (Å²) in [6, 6.07) is 0. The molecule has 1 aliphatic rings. The van der Waals surface area contributed by atoms with Gasteiger partial charge in [-0.2, -0.15) is 0 Å². The van der Waals surface area contributed by atoms with Gasteiger partial charge >= 0.3 is 5.97 Å². The zero-order valence-electron chi connectivity index (χ0n) is 14.2. The van der Waals surface area contributed by atoms with Gasteiger partial charge < -0.3 is 5.11 Å². The van der Waals surface area contributed by atoms with Gasteiger partial charge in [0, 0.05) is 0 Å². The molecule has 1 N–H and O–H groups in total. The lowest BCUT2D eigenvalue weighted by atomic mass is 9.92. The van der Waals surface area contributed by atoms with E-state index in [0.29, 0.717) is 0 Å². The van der Waals surface area contributed by atoms with Crippen LogP contribution in [0.3, 0.4) is 0 Å². The summed E-state index contributed by atoms with van der Waals surface area (Å²) in [5.41, 5.74) is 4.66. The van der Waals surface area contributed by atoms with Crippen molar-refractivity contribution in [2.45, 2.75) is 84.0 Å². The molecule has 0 spiro atoms. The minimum atomic E-state index is -0.791. The fraction of sp³-hybridized carbons (Fsp3) is 0.700. The summed E-state index contributed by atoms with van der Waals surface area (Å²) in [5, 5.41) is 8.54. The molecule has 1 atom stereocenters. The van der Waals surface area contributed by atoms with E-state index in [1.165, 1.54) is 64.2 Å². The first kappa shape index (κ1) is 18.8. The molecule has 0 unspecified atom stereocenters. The minimum Gasteiger partial charge on any atom is -0.481 e. The molecule has 22 heavy (non-hydrogen) atoms. The van der Waals surface area contributed by atoms with Crippen molar-refractivity contribution in [3.05, 3.63) is 29.5 Å². The Morgan fingerprint density at radius 3 is 2.82 bits per heavy atom. The molecule has 0 saturated carbocycles. The quantitative estimate of drug-likeness (QED) is 0.271. The number of hydrogen-bond acceptors (Lipinski definition) is 1. The summed E-state index contributed by atoms with van der Waals surface area (Å²) < 4.78 is 0. The maximum Gasteiger partial charge on any atom is 0.307 e. The molecule has 1 aliphatic carbocycles. The minimum absolute atomic E-state index is 0.0725. The molecule has 0 saturated heterocycles. The van der Waals surface area contributed by atoms with Gasteiger partial charge in [-0.1, -0.05) is 50.7 Å². The van der Waals surface area contributed by atoms with Gasteiger partial charge in [0.1, 0.15) is 0 Å². The Hall–Kier alpha value is -1.27. The van der Waals surface area contributed by atoms with Crippen LogP contribution in [-0.4, -0.2) is 11.1 Å². The van der Waals surface area contributed by atoms with E-state index in [9.17, 15) is 4.79 Å². The first-order valence-corrected chi connectivity index (χ1v) is 9.04. The number of carboxylic acids is 1. The third kappa shape index (κ3) is 8.89. The zero-order chi connectivity index (χ0) is 16.0. The highest BCUT2D eigenvalue weighted by Crippen LogP contribution is 2.33. The molecule has 0 aromatic carbocycles. The van der Waals surface area contributed by atoms with E-state index >= 15 is 0 Å². The average Bonchev–Trinajstić information content (AvgIpc) is 2.93. The Bertz CT molecular complexity index is 400. The first-order valence-electron chi connectivity index (χ1n) is 9.04. The van der Waals surface area contributed by atoms with Gasteiger partial charge in [-0.3, -0.25) is 4.79 Å². The zero-order valence-corrected chi connectivity index (χ0v) is 14.2. The molecule has 1 rings (SSSR count). The topological polar surface area (TPSA) is 37.3 Å². The summed E-state index contributed by atoms with van der Waals surface area (Å²) in [5.74, 6) is -0.0333. The molecule has 0 heterocycles. The van der Waals surface area contributed by atoms with Gasteiger partial charge in [0.15, 0.2) is 0 Å². The highest BCUT2D eigenvalue weighted by Gasteiger charge is 2.17. The van der Waals surface area contributed by atoms with E-state index < -0.39 is 5.97 Å². The fourth-order valence-electron chi connectivity index (χ4n) is 3.16. The number of hydrogen-bond donors (Lipinski definition) is 1. The van der Waals surface area contributed by atoms with Crippen molar-refractivity contribution in [1.82, 2.24) is 0 Å². The summed E-state index contributed by atoms with van der Waals surface area (Å²) in [6.45, 7) is 2.26. The molecule has 2 heteroatoms. The predicted molar refractivity (Wildman–Crippen MR) is 92.9 cm³/mol. The summed E-state index contributed by atoms with van der Waals surface area (Å²) in [7, 11) is 0. The molecule has 0 aromatic rings.